The van der Waals surface area contributed by atoms with E-state index in [2.05, 4.69) is 41.1 Å². The molecule has 1 heterocycles. The van der Waals surface area contributed by atoms with Crippen molar-refractivity contribution >= 4 is 10.9 Å². The van der Waals surface area contributed by atoms with Crippen LogP contribution in [0.4, 0.5) is 0 Å². The number of hydrogen-bond donors (Lipinski definition) is 1. The molecule has 3 nitrogen and oxygen atoms in total. The molecule has 100 valence electrons. The van der Waals surface area contributed by atoms with Crippen molar-refractivity contribution in [3.63, 3.8) is 0 Å². The van der Waals surface area contributed by atoms with E-state index in [1.807, 2.05) is 6.92 Å². The first-order chi connectivity index (χ1) is 9.22. The summed E-state index contributed by atoms with van der Waals surface area (Å²) in [7, 11) is 0. The van der Waals surface area contributed by atoms with Gasteiger partial charge >= 0.3 is 0 Å². The lowest BCUT2D eigenvalue weighted by molar-refractivity contribution is 0.632. The molecule has 1 aromatic carbocycles. The molecule has 0 saturated carbocycles. The molecule has 2 N–H and O–H groups in total. The summed E-state index contributed by atoms with van der Waals surface area (Å²) in [5.41, 5.74) is 8.49. The molecule has 0 spiro atoms. The van der Waals surface area contributed by atoms with Crippen LogP contribution in [0.25, 0.3) is 10.9 Å². The molecule has 2 rings (SSSR count). The van der Waals surface area contributed by atoms with Gasteiger partial charge in [-0.3, -0.25) is 0 Å². The van der Waals surface area contributed by atoms with Crippen molar-refractivity contribution in [2.75, 3.05) is 0 Å². The van der Waals surface area contributed by atoms with Gasteiger partial charge in [0.1, 0.15) is 0 Å². The van der Waals surface area contributed by atoms with Gasteiger partial charge in [-0.25, -0.2) is 0 Å². The van der Waals surface area contributed by atoms with Crippen LogP contribution in [0.1, 0.15) is 31.7 Å². The second-order valence-electron chi connectivity index (χ2n) is 5.16. The van der Waals surface area contributed by atoms with Crippen LogP contribution in [0.3, 0.4) is 0 Å². The summed E-state index contributed by atoms with van der Waals surface area (Å²) in [5, 5.41) is 9.85. The highest BCUT2D eigenvalue weighted by molar-refractivity contribution is 5.83. The highest BCUT2D eigenvalue weighted by atomic mass is 14.9. The number of nitriles is 1. The first-order valence-electron chi connectivity index (χ1n) is 6.91. The normalized spacial score (nSPS) is 12.5. The zero-order chi connectivity index (χ0) is 13.7. The number of nitrogens with two attached hydrogens (primary N) is 1. The maximum atomic E-state index is 8.55. The van der Waals surface area contributed by atoms with Crippen LogP contribution in [0.15, 0.2) is 30.5 Å². The van der Waals surface area contributed by atoms with Crippen LogP contribution >= 0.6 is 0 Å². The van der Waals surface area contributed by atoms with E-state index in [1.165, 1.54) is 16.5 Å². The number of nitrogens with zero attached hydrogens (tertiary/aromatic N) is 2. The average Bonchev–Trinajstić information content (AvgIpc) is 2.79. The second kappa shape index (κ2) is 6.40. The average molecular weight is 255 g/mol. The van der Waals surface area contributed by atoms with Crippen LogP contribution in [-0.4, -0.2) is 10.6 Å². The zero-order valence-electron chi connectivity index (χ0n) is 11.5. The Morgan fingerprint density at radius 3 is 2.89 bits per heavy atom. The molecule has 19 heavy (non-hydrogen) atoms. The molecule has 0 amide bonds. The van der Waals surface area contributed by atoms with E-state index in [9.17, 15) is 0 Å². The van der Waals surface area contributed by atoms with E-state index in [0.717, 1.165) is 25.8 Å². The van der Waals surface area contributed by atoms with Crippen molar-refractivity contribution in [3.05, 3.63) is 36.0 Å². The largest absolute Gasteiger partial charge is 0.347 e. The predicted octanol–water partition coefficient (Wildman–Crippen LogP) is 3.22. The summed E-state index contributed by atoms with van der Waals surface area (Å²) in [6.07, 6.45) is 5.72. The minimum atomic E-state index is 0.185. The van der Waals surface area contributed by atoms with Crippen molar-refractivity contribution in [1.29, 1.82) is 5.26 Å². The highest BCUT2D eigenvalue weighted by Gasteiger charge is 2.06. The van der Waals surface area contributed by atoms with Crippen LogP contribution in [0.2, 0.25) is 0 Å². The summed E-state index contributed by atoms with van der Waals surface area (Å²) >= 11 is 0. The minimum absolute atomic E-state index is 0.185. The number of aromatic nitrogens is 1. The molecule has 3 heteroatoms. The third kappa shape index (κ3) is 3.36. The summed E-state index contributed by atoms with van der Waals surface area (Å²) in [6.45, 7) is 3.02. The molecule has 0 aliphatic carbocycles. The van der Waals surface area contributed by atoms with Crippen LogP contribution in [0.5, 0.6) is 0 Å². The van der Waals surface area contributed by atoms with Gasteiger partial charge in [-0.1, -0.05) is 12.1 Å². The van der Waals surface area contributed by atoms with E-state index in [0.29, 0.717) is 6.42 Å². The number of aryl methyl sites for hydroxylation is 1. The third-order valence-corrected chi connectivity index (χ3v) is 3.38. The molecule has 0 radical (unpaired) electrons. The quantitative estimate of drug-likeness (QED) is 0.806. The fourth-order valence-electron chi connectivity index (χ4n) is 2.49. The van der Waals surface area contributed by atoms with E-state index in [4.69, 9.17) is 11.0 Å². The zero-order valence-corrected chi connectivity index (χ0v) is 11.5. The number of hydrogen-bond acceptors (Lipinski definition) is 2. The molecule has 0 aliphatic heterocycles. The Hall–Kier alpha value is -1.79. The number of rotatable bonds is 6. The highest BCUT2D eigenvalue weighted by Crippen LogP contribution is 2.22. The topological polar surface area (TPSA) is 54.7 Å². The first kappa shape index (κ1) is 13.6. The summed E-state index contributed by atoms with van der Waals surface area (Å²) in [5.74, 6) is 0. The number of benzene rings is 1. The van der Waals surface area contributed by atoms with Gasteiger partial charge in [0, 0.05) is 36.1 Å². The lowest BCUT2D eigenvalue weighted by Gasteiger charge is -2.08. The molecule has 0 saturated heterocycles. The van der Waals surface area contributed by atoms with E-state index in [1.54, 1.807) is 0 Å². The lowest BCUT2D eigenvalue weighted by atomic mass is 10.0. The van der Waals surface area contributed by atoms with E-state index in [-0.39, 0.29) is 6.04 Å². The molecular formula is C16H21N3. The van der Waals surface area contributed by atoms with Crippen LogP contribution in [-0.2, 0) is 13.0 Å². The number of fused-ring (bicyclic) bond motifs is 1. The van der Waals surface area contributed by atoms with Gasteiger partial charge < -0.3 is 10.3 Å². The molecule has 0 fully saturated rings. The first-order valence-corrected chi connectivity index (χ1v) is 6.91. The molecule has 1 aromatic heterocycles. The maximum absolute atomic E-state index is 8.55. The van der Waals surface area contributed by atoms with Gasteiger partial charge in [-0.2, -0.15) is 5.26 Å². The van der Waals surface area contributed by atoms with Crippen LogP contribution < -0.4 is 5.73 Å². The number of unbranched alkanes of at least 4 members (excludes halogenated alkanes) is 2. The fraction of sp³-hybridized carbons (Fsp3) is 0.438. The van der Waals surface area contributed by atoms with Gasteiger partial charge in [0.25, 0.3) is 0 Å². The maximum Gasteiger partial charge on any atom is 0.0621 e. The predicted molar refractivity (Wildman–Crippen MR) is 78.8 cm³/mol. The van der Waals surface area contributed by atoms with Gasteiger partial charge in [-0.05, 0) is 43.9 Å². The minimum Gasteiger partial charge on any atom is -0.347 e. The molecule has 0 aliphatic rings. The second-order valence-corrected chi connectivity index (χ2v) is 5.16. The van der Waals surface area contributed by atoms with Crippen molar-refractivity contribution in [3.8, 4) is 6.07 Å². The Bertz CT molecular complexity index is 575. The molecular weight excluding hydrogens is 234 g/mol. The Balaban J connectivity index is 2.16. The Morgan fingerprint density at radius 2 is 2.16 bits per heavy atom. The lowest BCUT2D eigenvalue weighted by Crippen LogP contribution is -2.17. The summed E-state index contributed by atoms with van der Waals surface area (Å²) < 4.78 is 2.28. The standard InChI is InChI=1S/C16H21N3/c1-13(18)12-14-6-5-7-16-15(14)8-11-19(16)10-4-2-3-9-17/h5-8,11,13H,2-4,10,12,18H2,1H3. The van der Waals surface area contributed by atoms with Gasteiger partial charge in [-0.15, -0.1) is 0 Å². The van der Waals surface area contributed by atoms with Gasteiger partial charge in [0.15, 0.2) is 0 Å². The molecule has 0 bridgehead atoms. The third-order valence-electron chi connectivity index (χ3n) is 3.38. The Kier molecular flexibility index (Phi) is 4.59. The smallest absolute Gasteiger partial charge is 0.0621 e. The van der Waals surface area contributed by atoms with Crippen molar-refractivity contribution in [2.45, 2.75) is 45.2 Å². The van der Waals surface area contributed by atoms with E-state index < -0.39 is 0 Å². The van der Waals surface area contributed by atoms with Crippen molar-refractivity contribution in [1.82, 2.24) is 4.57 Å². The van der Waals surface area contributed by atoms with Crippen LogP contribution in [0, 0.1) is 11.3 Å². The summed E-state index contributed by atoms with van der Waals surface area (Å²) in [4.78, 5) is 0. The molecule has 1 unspecified atom stereocenters. The van der Waals surface area contributed by atoms with Gasteiger partial charge in [0.05, 0.1) is 6.07 Å². The SMILES string of the molecule is CC(N)Cc1cccc2c1ccn2CCCCC#N. The van der Waals surface area contributed by atoms with E-state index >= 15 is 0 Å². The monoisotopic (exact) mass is 255 g/mol. The Morgan fingerprint density at radius 1 is 1.32 bits per heavy atom. The molecule has 2 aromatic rings. The summed E-state index contributed by atoms with van der Waals surface area (Å²) in [6, 6.07) is 11.0. The molecule has 1 atom stereocenters. The fourth-order valence-corrected chi connectivity index (χ4v) is 2.49. The van der Waals surface area contributed by atoms with Gasteiger partial charge in [0.2, 0.25) is 0 Å². The van der Waals surface area contributed by atoms with Crippen molar-refractivity contribution < 1.29 is 0 Å². The Labute approximate surface area is 114 Å². The van der Waals surface area contributed by atoms with Crippen molar-refractivity contribution in [2.24, 2.45) is 5.73 Å².